The summed E-state index contributed by atoms with van der Waals surface area (Å²) in [6, 6.07) is 6.07. The van der Waals surface area contributed by atoms with Gasteiger partial charge < -0.3 is 8.98 Å². The molecule has 5 heteroatoms. The number of alkyl halides is 1. The SMILES string of the molecule is Cc1cnc(Cn2c(CCl)nc3cccc(C)c32)o1. The number of rotatable bonds is 3. The molecule has 3 rings (SSSR count). The maximum absolute atomic E-state index is 5.99. The predicted octanol–water partition coefficient (Wildman–Crippen LogP) is 3.43. The Morgan fingerprint density at radius 3 is 2.84 bits per heavy atom. The summed E-state index contributed by atoms with van der Waals surface area (Å²) in [6.45, 7) is 4.51. The van der Waals surface area contributed by atoms with Crippen molar-refractivity contribution in [1.29, 1.82) is 0 Å². The highest BCUT2D eigenvalue weighted by molar-refractivity contribution is 6.16. The first kappa shape index (κ1) is 12.2. The zero-order chi connectivity index (χ0) is 13.4. The number of aromatic nitrogens is 3. The van der Waals surface area contributed by atoms with Crippen molar-refractivity contribution in [3.8, 4) is 0 Å². The second kappa shape index (κ2) is 4.70. The smallest absolute Gasteiger partial charge is 0.214 e. The number of hydrogen-bond donors (Lipinski definition) is 0. The average Bonchev–Trinajstić information content (AvgIpc) is 2.95. The molecule has 98 valence electrons. The van der Waals surface area contributed by atoms with Crippen LogP contribution >= 0.6 is 11.6 Å². The molecule has 0 aliphatic carbocycles. The summed E-state index contributed by atoms with van der Waals surface area (Å²) < 4.78 is 7.61. The molecule has 2 heterocycles. The van der Waals surface area contributed by atoms with Crippen LogP contribution in [0, 0.1) is 13.8 Å². The Kier molecular flexibility index (Phi) is 3.03. The highest BCUT2D eigenvalue weighted by Gasteiger charge is 2.13. The zero-order valence-electron chi connectivity index (χ0n) is 10.9. The van der Waals surface area contributed by atoms with Crippen molar-refractivity contribution in [2.45, 2.75) is 26.3 Å². The van der Waals surface area contributed by atoms with Crippen molar-refractivity contribution >= 4 is 22.6 Å². The highest BCUT2D eigenvalue weighted by atomic mass is 35.5. The fraction of sp³-hybridized carbons (Fsp3) is 0.286. The Morgan fingerprint density at radius 1 is 1.32 bits per heavy atom. The van der Waals surface area contributed by atoms with Crippen LogP contribution in [0.15, 0.2) is 28.8 Å². The van der Waals surface area contributed by atoms with Gasteiger partial charge in [0.05, 0.1) is 23.1 Å². The number of halogens is 1. The lowest BCUT2D eigenvalue weighted by Crippen LogP contribution is -2.04. The van der Waals surface area contributed by atoms with Crippen LogP contribution in [0.25, 0.3) is 11.0 Å². The van der Waals surface area contributed by atoms with Crippen molar-refractivity contribution in [2.24, 2.45) is 0 Å². The van der Waals surface area contributed by atoms with E-state index < -0.39 is 0 Å². The third kappa shape index (κ3) is 2.12. The number of fused-ring (bicyclic) bond motifs is 1. The van der Waals surface area contributed by atoms with Crippen LogP contribution in [0.3, 0.4) is 0 Å². The topological polar surface area (TPSA) is 43.9 Å². The quantitative estimate of drug-likeness (QED) is 0.688. The van der Waals surface area contributed by atoms with Crippen molar-refractivity contribution in [3.63, 3.8) is 0 Å². The molecule has 0 atom stereocenters. The molecule has 1 aromatic carbocycles. The molecule has 4 nitrogen and oxygen atoms in total. The zero-order valence-corrected chi connectivity index (χ0v) is 11.6. The van der Waals surface area contributed by atoms with Crippen LogP contribution in [0.4, 0.5) is 0 Å². The molecule has 2 aromatic heterocycles. The standard InChI is InChI=1S/C14H14ClN3O/c1-9-4-3-5-11-14(9)18(12(6-15)17-11)8-13-16-7-10(2)19-13/h3-5,7H,6,8H2,1-2H3. The lowest BCUT2D eigenvalue weighted by atomic mass is 10.2. The van der Waals surface area contributed by atoms with Crippen LogP contribution in [0.5, 0.6) is 0 Å². The summed E-state index contributed by atoms with van der Waals surface area (Å²) in [6.07, 6.45) is 1.72. The average molecular weight is 276 g/mol. The van der Waals surface area contributed by atoms with E-state index in [1.807, 2.05) is 19.1 Å². The molecule has 0 aliphatic rings. The minimum atomic E-state index is 0.369. The highest BCUT2D eigenvalue weighted by Crippen LogP contribution is 2.22. The van der Waals surface area contributed by atoms with Crippen LogP contribution in [-0.2, 0) is 12.4 Å². The minimum Gasteiger partial charge on any atom is -0.444 e. The molecule has 0 saturated heterocycles. The molecule has 0 aliphatic heterocycles. The number of hydrogen-bond acceptors (Lipinski definition) is 3. The number of oxazole rings is 1. The number of nitrogens with zero attached hydrogens (tertiary/aromatic N) is 3. The largest absolute Gasteiger partial charge is 0.444 e. The van der Waals surface area contributed by atoms with Crippen molar-refractivity contribution < 1.29 is 4.42 Å². The van der Waals surface area contributed by atoms with Gasteiger partial charge in [-0.05, 0) is 25.5 Å². The molecular weight excluding hydrogens is 262 g/mol. The molecule has 0 N–H and O–H groups in total. The number of imidazole rings is 1. The third-order valence-corrected chi connectivity index (χ3v) is 3.37. The molecule has 0 fully saturated rings. The van der Waals surface area contributed by atoms with E-state index in [-0.39, 0.29) is 0 Å². The van der Waals surface area contributed by atoms with Gasteiger partial charge in [-0.2, -0.15) is 0 Å². The van der Waals surface area contributed by atoms with Crippen LogP contribution < -0.4 is 0 Å². The Labute approximate surface area is 116 Å². The molecule has 3 aromatic rings. The van der Waals surface area contributed by atoms with E-state index >= 15 is 0 Å². The van der Waals surface area contributed by atoms with Crippen molar-refractivity contribution in [3.05, 3.63) is 47.4 Å². The Balaban J connectivity index is 2.15. The predicted molar refractivity (Wildman–Crippen MR) is 74.4 cm³/mol. The Morgan fingerprint density at radius 2 is 2.16 bits per heavy atom. The van der Waals surface area contributed by atoms with Crippen LogP contribution in [-0.4, -0.2) is 14.5 Å². The van der Waals surface area contributed by atoms with E-state index in [1.54, 1.807) is 6.20 Å². The van der Waals surface area contributed by atoms with Crippen LogP contribution in [0.2, 0.25) is 0 Å². The summed E-state index contributed by atoms with van der Waals surface area (Å²) in [7, 11) is 0. The lowest BCUT2D eigenvalue weighted by Gasteiger charge is -2.06. The second-order valence-electron chi connectivity index (χ2n) is 4.56. The van der Waals surface area contributed by atoms with Crippen LogP contribution in [0.1, 0.15) is 23.0 Å². The summed E-state index contributed by atoms with van der Waals surface area (Å²) >= 11 is 5.99. The third-order valence-electron chi connectivity index (χ3n) is 3.13. The summed E-state index contributed by atoms with van der Waals surface area (Å²) in [5.74, 6) is 2.69. The molecular formula is C14H14ClN3O. The normalized spacial score (nSPS) is 11.3. The monoisotopic (exact) mass is 275 g/mol. The van der Waals surface area contributed by atoms with Gasteiger partial charge in [-0.25, -0.2) is 9.97 Å². The fourth-order valence-corrected chi connectivity index (χ4v) is 2.50. The maximum atomic E-state index is 5.99. The molecule has 19 heavy (non-hydrogen) atoms. The molecule has 0 unspecified atom stereocenters. The summed E-state index contributed by atoms with van der Waals surface area (Å²) in [5.41, 5.74) is 3.22. The summed E-state index contributed by atoms with van der Waals surface area (Å²) in [4.78, 5) is 8.80. The van der Waals surface area contributed by atoms with Gasteiger partial charge in [-0.3, -0.25) is 0 Å². The first-order valence-corrected chi connectivity index (χ1v) is 6.64. The van der Waals surface area contributed by atoms with Gasteiger partial charge in [-0.1, -0.05) is 12.1 Å². The molecule has 0 radical (unpaired) electrons. The van der Waals surface area contributed by atoms with Gasteiger partial charge in [0.1, 0.15) is 18.1 Å². The first-order valence-electron chi connectivity index (χ1n) is 6.11. The first-order chi connectivity index (χ1) is 9.19. The van der Waals surface area contributed by atoms with Crippen molar-refractivity contribution in [1.82, 2.24) is 14.5 Å². The number of para-hydroxylation sites is 1. The Bertz CT molecular complexity index is 729. The van der Waals surface area contributed by atoms with E-state index in [9.17, 15) is 0 Å². The molecule has 0 saturated carbocycles. The second-order valence-corrected chi connectivity index (χ2v) is 4.82. The van der Waals surface area contributed by atoms with Gasteiger partial charge in [0, 0.05) is 0 Å². The van der Waals surface area contributed by atoms with E-state index in [0.717, 1.165) is 22.6 Å². The van der Waals surface area contributed by atoms with E-state index in [2.05, 4.69) is 27.5 Å². The van der Waals surface area contributed by atoms with Gasteiger partial charge in [0.25, 0.3) is 0 Å². The van der Waals surface area contributed by atoms with Crippen molar-refractivity contribution in [2.75, 3.05) is 0 Å². The molecule has 0 spiro atoms. The Hall–Kier alpha value is -1.81. The number of benzene rings is 1. The molecule has 0 amide bonds. The van der Waals surface area contributed by atoms with E-state index in [0.29, 0.717) is 18.3 Å². The fourth-order valence-electron chi connectivity index (χ4n) is 2.30. The van der Waals surface area contributed by atoms with Gasteiger partial charge in [-0.15, -0.1) is 11.6 Å². The number of aryl methyl sites for hydroxylation is 2. The van der Waals surface area contributed by atoms with E-state index in [4.69, 9.17) is 16.0 Å². The summed E-state index contributed by atoms with van der Waals surface area (Å²) in [5, 5.41) is 0. The lowest BCUT2D eigenvalue weighted by molar-refractivity contribution is 0.457. The van der Waals surface area contributed by atoms with Gasteiger partial charge in [0.15, 0.2) is 0 Å². The maximum Gasteiger partial charge on any atom is 0.214 e. The van der Waals surface area contributed by atoms with Gasteiger partial charge >= 0.3 is 0 Å². The minimum absolute atomic E-state index is 0.369. The molecule has 0 bridgehead atoms. The van der Waals surface area contributed by atoms with E-state index in [1.165, 1.54) is 5.56 Å². The van der Waals surface area contributed by atoms with Gasteiger partial charge in [0.2, 0.25) is 5.89 Å².